The number of aliphatic imine (C=N–C) groups is 1. The van der Waals surface area contributed by atoms with E-state index in [4.69, 9.17) is 10.5 Å². The number of anilines is 1. The number of halogens is 2. The van der Waals surface area contributed by atoms with Crippen molar-refractivity contribution in [3.8, 4) is 0 Å². The Morgan fingerprint density at radius 2 is 1.93 bits per heavy atom. The maximum Gasteiger partial charge on any atom is 0.409 e. The summed E-state index contributed by atoms with van der Waals surface area (Å²) in [5, 5.41) is 5.66. The highest BCUT2D eigenvalue weighted by atomic mass is 127. The number of hydrogen-bond donors (Lipinski definition) is 3. The zero-order valence-corrected chi connectivity index (χ0v) is 17.4. The molecule has 1 aromatic rings. The smallest absolute Gasteiger partial charge is 0.409 e. The van der Waals surface area contributed by atoms with E-state index in [0.29, 0.717) is 25.4 Å². The zero-order chi connectivity index (χ0) is 18.9. The standard InChI is InChI=1S/C17H24FN5O3.HI/c1-2-26-17(25)23-9-7-14(8-10-23)22-16(19)20-11-15(24)21-13-5-3-12(18)4-6-13;/h3-6,14H,2,7-11H2,1H3,(H,21,24)(H3,19,20,22);1H. The number of nitrogens with zero attached hydrogens (tertiary/aromatic N) is 2. The van der Waals surface area contributed by atoms with Gasteiger partial charge in [-0.15, -0.1) is 24.0 Å². The number of rotatable bonds is 5. The van der Waals surface area contributed by atoms with Gasteiger partial charge in [0.2, 0.25) is 5.91 Å². The highest BCUT2D eigenvalue weighted by molar-refractivity contribution is 14.0. The van der Waals surface area contributed by atoms with E-state index in [9.17, 15) is 14.0 Å². The molecule has 0 bridgehead atoms. The SMILES string of the molecule is CCOC(=O)N1CCC(NC(N)=NCC(=O)Nc2ccc(F)cc2)CC1.I. The molecule has 0 radical (unpaired) electrons. The number of guanidine groups is 1. The molecule has 10 heteroatoms. The molecule has 0 spiro atoms. The second kappa shape index (κ2) is 11.6. The zero-order valence-electron chi connectivity index (χ0n) is 15.1. The van der Waals surface area contributed by atoms with Gasteiger partial charge in [0.1, 0.15) is 12.4 Å². The van der Waals surface area contributed by atoms with Crippen LogP contribution in [0, 0.1) is 5.82 Å². The lowest BCUT2D eigenvalue weighted by Gasteiger charge is -2.31. The van der Waals surface area contributed by atoms with Crippen molar-refractivity contribution < 1.29 is 18.7 Å². The summed E-state index contributed by atoms with van der Waals surface area (Å²) in [6.45, 7) is 3.15. The van der Waals surface area contributed by atoms with E-state index >= 15 is 0 Å². The van der Waals surface area contributed by atoms with Crippen molar-refractivity contribution in [2.45, 2.75) is 25.8 Å². The molecular formula is C17H25FIN5O3. The van der Waals surface area contributed by atoms with Gasteiger partial charge in [0.25, 0.3) is 0 Å². The van der Waals surface area contributed by atoms with Gasteiger partial charge in [-0.1, -0.05) is 0 Å². The first kappa shape index (κ1) is 22.9. The third-order valence-electron chi connectivity index (χ3n) is 3.89. The second-order valence-corrected chi connectivity index (χ2v) is 5.86. The molecule has 1 aromatic carbocycles. The van der Waals surface area contributed by atoms with Crippen molar-refractivity contribution in [3.05, 3.63) is 30.1 Å². The number of carbonyl (C=O) groups excluding carboxylic acids is 2. The van der Waals surface area contributed by atoms with E-state index in [1.807, 2.05) is 0 Å². The molecule has 0 aliphatic carbocycles. The minimum absolute atomic E-state index is 0. The molecule has 0 atom stereocenters. The number of hydrogen-bond acceptors (Lipinski definition) is 4. The van der Waals surface area contributed by atoms with Crippen LogP contribution >= 0.6 is 24.0 Å². The highest BCUT2D eigenvalue weighted by Crippen LogP contribution is 2.11. The predicted octanol–water partition coefficient (Wildman–Crippen LogP) is 1.91. The van der Waals surface area contributed by atoms with Gasteiger partial charge in [-0.2, -0.15) is 0 Å². The van der Waals surface area contributed by atoms with Crippen LogP contribution in [-0.4, -0.2) is 55.1 Å². The molecule has 150 valence electrons. The number of nitrogens with one attached hydrogen (secondary N) is 2. The second-order valence-electron chi connectivity index (χ2n) is 5.86. The van der Waals surface area contributed by atoms with E-state index in [1.165, 1.54) is 24.3 Å². The quantitative estimate of drug-likeness (QED) is 0.330. The Hall–Kier alpha value is -2.11. The Bertz CT molecular complexity index is 648. The first-order valence-corrected chi connectivity index (χ1v) is 8.51. The predicted molar refractivity (Wildman–Crippen MR) is 112 cm³/mol. The summed E-state index contributed by atoms with van der Waals surface area (Å²) >= 11 is 0. The molecule has 1 aliphatic heterocycles. The maximum absolute atomic E-state index is 12.8. The van der Waals surface area contributed by atoms with Crippen LogP contribution < -0.4 is 16.4 Å². The molecule has 0 aromatic heterocycles. The number of nitrogens with two attached hydrogens (primary N) is 1. The summed E-state index contributed by atoms with van der Waals surface area (Å²) in [6, 6.07) is 5.55. The molecule has 2 amide bonds. The molecule has 2 rings (SSSR count). The van der Waals surface area contributed by atoms with Gasteiger partial charge in [-0.05, 0) is 44.0 Å². The summed E-state index contributed by atoms with van der Waals surface area (Å²) in [4.78, 5) is 29.1. The lowest BCUT2D eigenvalue weighted by molar-refractivity contribution is -0.114. The van der Waals surface area contributed by atoms with Gasteiger partial charge in [0.05, 0.1) is 6.61 Å². The molecule has 1 aliphatic rings. The van der Waals surface area contributed by atoms with Gasteiger partial charge >= 0.3 is 6.09 Å². The monoisotopic (exact) mass is 493 g/mol. The third kappa shape index (κ3) is 7.97. The van der Waals surface area contributed by atoms with Crippen LogP contribution in [0.2, 0.25) is 0 Å². The van der Waals surface area contributed by atoms with Crippen LogP contribution in [0.3, 0.4) is 0 Å². The lowest BCUT2D eigenvalue weighted by Crippen LogP contribution is -2.48. The van der Waals surface area contributed by atoms with E-state index in [1.54, 1.807) is 11.8 Å². The molecule has 0 saturated carbocycles. The number of likely N-dealkylation sites (tertiary alicyclic amines) is 1. The van der Waals surface area contributed by atoms with Gasteiger partial charge in [0, 0.05) is 24.8 Å². The molecule has 1 heterocycles. The Kier molecular flexibility index (Phi) is 9.83. The fourth-order valence-electron chi connectivity index (χ4n) is 2.57. The Morgan fingerprint density at radius 3 is 2.52 bits per heavy atom. The Morgan fingerprint density at radius 1 is 1.30 bits per heavy atom. The van der Waals surface area contributed by atoms with Crippen molar-refractivity contribution in [1.29, 1.82) is 0 Å². The number of carbonyl (C=O) groups is 2. The van der Waals surface area contributed by atoms with Crippen LogP contribution in [-0.2, 0) is 9.53 Å². The van der Waals surface area contributed by atoms with E-state index in [-0.39, 0.29) is 60.3 Å². The number of piperidine rings is 1. The molecule has 0 unspecified atom stereocenters. The Balaban J connectivity index is 0.00000364. The summed E-state index contributed by atoms with van der Waals surface area (Å²) < 4.78 is 17.8. The highest BCUT2D eigenvalue weighted by Gasteiger charge is 2.23. The molecule has 8 nitrogen and oxygen atoms in total. The van der Waals surface area contributed by atoms with Crippen molar-refractivity contribution in [3.63, 3.8) is 0 Å². The molecule has 4 N–H and O–H groups in total. The van der Waals surface area contributed by atoms with Crippen LogP contribution in [0.25, 0.3) is 0 Å². The van der Waals surface area contributed by atoms with E-state index in [0.717, 1.165) is 12.8 Å². The van der Waals surface area contributed by atoms with Crippen molar-refractivity contribution in [2.24, 2.45) is 10.7 Å². The van der Waals surface area contributed by atoms with Crippen molar-refractivity contribution >= 4 is 47.6 Å². The van der Waals surface area contributed by atoms with Gasteiger partial charge in [-0.25, -0.2) is 14.2 Å². The number of amides is 2. The van der Waals surface area contributed by atoms with Crippen LogP contribution in [0.5, 0.6) is 0 Å². The molecular weight excluding hydrogens is 468 g/mol. The molecule has 1 saturated heterocycles. The van der Waals surface area contributed by atoms with Crippen LogP contribution in [0.4, 0.5) is 14.9 Å². The number of benzene rings is 1. The Labute approximate surface area is 174 Å². The average molecular weight is 493 g/mol. The van der Waals surface area contributed by atoms with Crippen LogP contribution in [0.1, 0.15) is 19.8 Å². The fourth-order valence-corrected chi connectivity index (χ4v) is 2.57. The summed E-state index contributed by atoms with van der Waals surface area (Å²) in [5.41, 5.74) is 6.30. The largest absolute Gasteiger partial charge is 0.450 e. The summed E-state index contributed by atoms with van der Waals surface area (Å²) in [6.07, 6.45) is 1.14. The fraction of sp³-hybridized carbons (Fsp3) is 0.471. The third-order valence-corrected chi connectivity index (χ3v) is 3.89. The molecule has 1 fully saturated rings. The minimum Gasteiger partial charge on any atom is -0.450 e. The number of ether oxygens (including phenoxy) is 1. The van der Waals surface area contributed by atoms with Gasteiger partial charge in [0.15, 0.2) is 5.96 Å². The van der Waals surface area contributed by atoms with Gasteiger partial charge < -0.3 is 26.0 Å². The van der Waals surface area contributed by atoms with E-state index in [2.05, 4.69) is 15.6 Å². The van der Waals surface area contributed by atoms with Crippen LogP contribution in [0.15, 0.2) is 29.3 Å². The summed E-state index contributed by atoms with van der Waals surface area (Å²) in [5.74, 6) is -0.546. The normalized spacial score (nSPS) is 14.9. The van der Waals surface area contributed by atoms with Crippen molar-refractivity contribution in [1.82, 2.24) is 10.2 Å². The average Bonchev–Trinajstić information content (AvgIpc) is 2.63. The summed E-state index contributed by atoms with van der Waals surface area (Å²) in [7, 11) is 0. The van der Waals surface area contributed by atoms with E-state index < -0.39 is 0 Å². The first-order chi connectivity index (χ1) is 12.5. The van der Waals surface area contributed by atoms with Crippen molar-refractivity contribution in [2.75, 3.05) is 31.6 Å². The minimum atomic E-state index is -0.372. The maximum atomic E-state index is 12.8. The van der Waals surface area contributed by atoms with Gasteiger partial charge in [-0.3, -0.25) is 4.79 Å². The topological polar surface area (TPSA) is 109 Å². The lowest BCUT2D eigenvalue weighted by atomic mass is 10.1. The molecule has 27 heavy (non-hydrogen) atoms. The first-order valence-electron chi connectivity index (χ1n) is 8.51.